The van der Waals surface area contributed by atoms with Crippen LogP contribution in [0.25, 0.3) is 0 Å². The van der Waals surface area contributed by atoms with Gasteiger partial charge in [-0.05, 0) is 6.92 Å². The lowest BCUT2D eigenvalue weighted by Crippen LogP contribution is -2.47. The Labute approximate surface area is 94.4 Å². The minimum atomic E-state index is -2.91. The van der Waals surface area contributed by atoms with E-state index in [0.29, 0.717) is 18.1 Å². The highest BCUT2D eigenvalue weighted by Crippen LogP contribution is 2.23. The Bertz CT molecular complexity index is 488. The minimum Gasteiger partial charge on any atom is -0.394 e. The van der Waals surface area contributed by atoms with Crippen molar-refractivity contribution in [2.24, 2.45) is 0 Å². The minimum absolute atomic E-state index is 0.101. The smallest absolute Gasteiger partial charge is 0.155 e. The van der Waals surface area contributed by atoms with E-state index in [1.807, 2.05) is 11.8 Å². The van der Waals surface area contributed by atoms with Gasteiger partial charge < -0.3 is 10.6 Å². The molecule has 1 atom stereocenters. The van der Waals surface area contributed by atoms with Gasteiger partial charge in [-0.25, -0.2) is 18.4 Å². The normalized spacial score (nSPS) is 24.3. The molecule has 0 bridgehead atoms. The number of nitrogens with two attached hydrogens (primary N) is 1. The van der Waals surface area contributed by atoms with Gasteiger partial charge in [0.1, 0.15) is 6.33 Å². The highest BCUT2D eigenvalue weighted by Gasteiger charge is 2.29. The predicted octanol–water partition coefficient (Wildman–Crippen LogP) is -0.318. The topological polar surface area (TPSA) is 89.2 Å². The number of nitrogens with zero attached hydrogens (tertiary/aromatic N) is 3. The maximum atomic E-state index is 11.4. The van der Waals surface area contributed by atoms with Crippen LogP contribution in [0.15, 0.2) is 12.5 Å². The summed E-state index contributed by atoms with van der Waals surface area (Å²) in [6, 6.07) is -0.101. The summed E-state index contributed by atoms with van der Waals surface area (Å²) in [6.45, 7) is 2.29. The predicted molar refractivity (Wildman–Crippen MR) is 61.9 cm³/mol. The molecule has 0 saturated carbocycles. The molecule has 1 aromatic heterocycles. The van der Waals surface area contributed by atoms with Crippen LogP contribution in [0.4, 0.5) is 11.5 Å². The molecule has 2 rings (SSSR count). The van der Waals surface area contributed by atoms with E-state index >= 15 is 0 Å². The molecular weight excluding hydrogens is 228 g/mol. The van der Waals surface area contributed by atoms with E-state index in [1.165, 1.54) is 12.5 Å². The van der Waals surface area contributed by atoms with E-state index in [1.54, 1.807) is 0 Å². The summed E-state index contributed by atoms with van der Waals surface area (Å²) in [6.07, 6.45) is 2.94. The Hall–Kier alpha value is -1.37. The fourth-order valence-electron chi connectivity index (χ4n) is 1.89. The van der Waals surface area contributed by atoms with Crippen LogP contribution in [0.1, 0.15) is 6.92 Å². The molecule has 1 unspecified atom stereocenters. The third-order valence-electron chi connectivity index (χ3n) is 2.66. The van der Waals surface area contributed by atoms with Crippen molar-refractivity contribution in [2.75, 3.05) is 28.7 Å². The van der Waals surface area contributed by atoms with Gasteiger partial charge in [-0.1, -0.05) is 0 Å². The average Bonchev–Trinajstić information content (AvgIpc) is 2.18. The van der Waals surface area contributed by atoms with E-state index in [2.05, 4.69) is 9.97 Å². The molecule has 6 nitrogen and oxygen atoms in total. The first-order valence-corrected chi connectivity index (χ1v) is 6.84. The van der Waals surface area contributed by atoms with Crippen LogP contribution in [0.5, 0.6) is 0 Å². The van der Waals surface area contributed by atoms with E-state index in [4.69, 9.17) is 5.73 Å². The van der Waals surface area contributed by atoms with Gasteiger partial charge in [-0.2, -0.15) is 0 Å². The highest BCUT2D eigenvalue weighted by atomic mass is 32.2. The lowest BCUT2D eigenvalue weighted by atomic mass is 10.3. The molecule has 1 aliphatic heterocycles. The van der Waals surface area contributed by atoms with E-state index in [9.17, 15) is 8.42 Å². The molecule has 2 N–H and O–H groups in total. The van der Waals surface area contributed by atoms with Gasteiger partial charge in [0, 0.05) is 12.6 Å². The molecule has 0 amide bonds. The zero-order valence-electron chi connectivity index (χ0n) is 9.00. The third-order valence-corrected chi connectivity index (χ3v) is 4.46. The zero-order valence-corrected chi connectivity index (χ0v) is 9.81. The molecule has 1 aromatic rings. The second-order valence-electron chi connectivity index (χ2n) is 3.96. The number of sulfone groups is 1. The monoisotopic (exact) mass is 242 g/mol. The van der Waals surface area contributed by atoms with Crippen LogP contribution < -0.4 is 10.6 Å². The van der Waals surface area contributed by atoms with Crippen LogP contribution >= 0.6 is 0 Å². The molecule has 7 heteroatoms. The number of hydrogen-bond acceptors (Lipinski definition) is 6. The Morgan fingerprint density at radius 1 is 1.56 bits per heavy atom. The first kappa shape index (κ1) is 11.1. The first-order valence-electron chi connectivity index (χ1n) is 5.02. The average molecular weight is 242 g/mol. The van der Waals surface area contributed by atoms with Crippen molar-refractivity contribution in [2.45, 2.75) is 13.0 Å². The summed E-state index contributed by atoms with van der Waals surface area (Å²) in [5.74, 6) is 0.925. The Morgan fingerprint density at radius 3 is 2.94 bits per heavy atom. The molecule has 0 radical (unpaired) electrons. The molecule has 0 spiro atoms. The van der Waals surface area contributed by atoms with Gasteiger partial charge in [0.15, 0.2) is 15.7 Å². The summed E-state index contributed by atoms with van der Waals surface area (Å²) in [5, 5.41) is 0. The lowest BCUT2D eigenvalue weighted by Gasteiger charge is -2.34. The summed E-state index contributed by atoms with van der Waals surface area (Å²) >= 11 is 0. The fraction of sp³-hybridized carbons (Fsp3) is 0.556. The van der Waals surface area contributed by atoms with Crippen molar-refractivity contribution in [3.05, 3.63) is 12.5 Å². The van der Waals surface area contributed by atoms with Crippen molar-refractivity contribution >= 4 is 21.3 Å². The number of rotatable bonds is 1. The molecule has 1 saturated heterocycles. The van der Waals surface area contributed by atoms with Gasteiger partial charge in [-0.3, -0.25) is 0 Å². The number of nitrogen functional groups attached to an aromatic ring is 1. The number of aromatic nitrogens is 2. The van der Waals surface area contributed by atoms with Gasteiger partial charge >= 0.3 is 0 Å². The van der Waals surface area contributed by atoms with E-state index in [-0.39, 0.29) is 17.5 Å². The van der Waals surface area contributed by atoms with Crippen LogP contribution in [0.3, 0.4) is 0 Å². The maximum Gasteiger partial charge on any atom is 0.155 e. The van der Waals surface area contributed by atoms with Crippen LogP contribution in [-0.2, 0) is 9.84 Å². The van der Waals surface area contributed by atoms with E-state index in [0.717, 1.165) is 0 Å². The summed E-state index contributed by atoms with van der Waals surface area (Å²) in [7, 11) is -2.91. The van der Waals surface area contributed by atoms with Crippen molar-refractivity contribution in [3.63, 3.8) is 0 Å². The van der Waals surface area contributed by atoms with Crippen LogP contribution in [-0.4, -0.2) is 42.5 Å². The molecule has 1 fully saturated rings. The third kappa shape index (κ3) is 2.08. The number of hydrogen-bond donors (Lipinski definition) is 1. The van der Waals surface area contributed by atoms with E-state index < -0.39 is 9.84 Å². The first-order chi connectivity index (χ1) is 7.49. The van der Waals surface area contributed by atoms with Gasteiger partial charge in [0.2, 0.25) is 0 Å². The fourth-order valence-corrected chi connectivity index (χ4v) is 3.44. The quantitative estimate of drug-likeness (QED) is 0.726. The Morgan fingerprint density at radius 2 is 2.31 bits per heavy atom. The van der Waals surface area contributed by atoms with Crippen LogP contribution in [0.2, 0.25) is 0 Å². The van der Waals surface area contributed by atoms with Crippen molar-refractivity contribution in [3.8, 4) is 0 Å². The SMILES string of the molecule is CC1CS(=O)(=O)CCN1c1ncncc1N. The molecule has 0 aliphatic carbocycles. The van der Waals surface area contributed by atoms with Crippen molar-refractivity contribution in [1.82, 2.24) is 9.97 Å². The summed E-state index contributed by atoms with van der Waals surface area (Å²) in [5.41, 5.74) is 6.25. The molecule has 2 heterocycles. The van der Waals surface area contributed by atoms with Gasteiger partial charge in [0.05, 0.1) is 23.4 Å². The molecule has 0 aromatic carbocycles. The second kappa shape index (κ2) is 3.89. The molecule has 1 aliphatic rings. The lowest BCUT2D eigenvalue weighted by molar-refractivity contribution is 0.567. The van der Waals surface area contributed by atoms with Crippen molar-refractivity contribution < 1.29 is 8.42 Å². The van der Waals surface area contributed by atoms with Crippen molar-refractivity contribution in [1.29, 1.82) is 0 Å². The Kier molecular flexibility index (Phi) is 2.71. The second-order valence-corrected chi connectivity index (χ2v) is 6.19. The zero-order chi connectivity index (χ0) is 11.8. The van der Waals surface area contributed by atoms with Gasteiger partial charge in [0.25, 0.3) is 0 Å². The standard InChI is InChI=1S/C9H14N4O2S/c1-7-5-16(14,15)3-2-13(7)9-8(10)4-11-6-12-9/h4,6-7H,2-3,5,10H2,1H3. The highest BCUT2D eigenvalue weighted by molar-refractivity contribution is 7.91. The van der Waals surface area contributed by atoms with Crippen LogP contribution in [0, 0.1) is 0 Å². The van der Waals surface area contributed by atoms with Gasteiger partial charge in [-0.15, -0.1) is 0 Å². The largest absolute Gasteiger partial charge is 0.394 e. The summed E-state index contributed by atoms with van der Waals surface area (Å²) < 4.78 is 22.9. The number of anilines is 2. The molecule has 88 valence electrons. The molecular formula is C9H14N4O2S. The Balaban J connectivity index is 2.27. The summed E-state index contributed by atoms with van der Waals surface area (Å²) in [4.78, 5) is 9.82. The maximum absolute atomic E-state index is 11.4. The molecule has 16 heavy (non-hydrogen) atoms.